The van der Waals surface area contributed by atoms with E-state index in [1.54, 1.807) is 24.3 Å². The molecule has 2 aromatic carbocycles. The van der Waals surface area contributed by atoms with Crippen molar-refractivity contribution < 1.29 is 13.9 Å². The lowest BCUT2D eigenvalue weighted by molar-refractivity contribution is 0.263. The number of halogens is 1. The van der Waals surface area contributed by atoms with Crippen LogP contribution in [0.1, 0.15) is 5.56 Å². The lowest BCUT2D eigenvalue weighted by atomic mass is 9.99. The molecule has 0 bridgehead atoms. The Morgan fingerprint density at radius 2 is 1.96 bits per heavy atom. The standard InChI is InChI=1S/C19H15ClO4/c1-11-16-8-14(22-9-15-10-23-15)6-7-17(16)24-19(21)18(11)12-2-4-13(20)5-3-12/h2-8,15H,9-10H2,1H3. The smallest absolute Gasteiger partial charge is 0.344 e. The van der Waals surface area contributed by atoms with Crippen molar-refractivity contribution in [2.24, 2.45) is 0 Å². The van der Waals surface area contributed by atoms with Crippen molar-refractivity contribution in [3.05, 3.63) is 63.5 Å². The third-order valence-corrected chi connectivity index (χ3v) is 4.36. The van der Waals surface area contributed by atoms with Gasteiger partial charge >= 0.3 is 5.63 Å². The number of ether oxygens (including phenoxy) is 2. The Balaban J connectivity index is 1.81. The maximum Gasteiger partial charge on any atom is 0.344 e. The van der Waals surface area contributed by atoms with Gasteiger partial charge < -0.3 is 13.9 Å². The molecule has 0 N–H and O–H groups in total. The van der Waals surface area contributed by atoms with Crippen LogP contribution in [0.2, 0.25) is 5.02 Å². The maximum absolute atomic E-state index is 12.4. The van der Waals surface area contributed by atoms with Crippen molar-refractivity contribution in [2.75, 3.05) is 13.2 Å². The van der Waals surface area contributed by atoms with Crippen LogP contribution in [0.15, 0.2) is 51.7 Å². The van der Waals surface area contributed by atoms with Gasteiger partial charge in [0.25, 0.3) is 0 Å². The highest BCUT2D eigenvalue weighted by Gasteiger charge is 2.23. The summed E-state index contributed by atoms with van der Waals surface area (Å²) >= 11 is 5.93. The molecule has 5 heteroatoms. The van der Waals surface area contributed by atoms with Crippen molar-refractivity contribution in [3.8, 4) is 16.9 Å². The molecule has 1 fully saturated rings. The van der Waals surface area contributed by atoms with E-state index in [1.807, 2.05) is 25.1 Å². The molecule has 0 saturated carbocycles. The molecule has 1 unspecified atom stereocenters. The van der Waals surface area contributed by atoms with Crippen LogP contribution >= 0.6 is 11.6 Å². The summed E-state index contributed by atoms with van der Waals surface area (Å²) in [6.07, 6.45) is 0.195. The molecule has 1 aromatic heterocycles. The van der Waals surface area contributed by atoms with E-state index in [2.05, 4.69) is 0 Å². The summed E-state index contributed by atoms with van der Waals surface area (Å²) in [7, 11) is 0. The fourth-order valence-corrected chi connectivity index (χ4v) is 2.85. The average molecular weight is 343 g/mol. The fourth-order valence-electron chi connectivity index (χ4n) is 2.72. The topological polar surface area (TPSA) is 52.0 Å². The van der Waals surface area contributed by atoms with Crippen molar-refractivity contribution in [2.45, 2.75) is 13.0 Å². The van der Waals surface area contributed by atoms with Crippen LogP contribution in [0, 0.1) is 6.92 Å². The Bertz CT molecular complexity index is 956. The molecular weight excluding hydrogens is 328 g/mol. The Labute approximate surface area is 143 Å². The summed E-state index contributed by atoms with van der Waals surface area (Å²) in [5, 5.41) is 1.48. The number of fused-ring (bicyclic) bond motifs is 1. The van der Waals surface area contributed by atoms with Crippen molar-refractivity contribution >= 4 is 22.6 Å². The highest BCUT2D eigenvalue weighted by atomic mass is 35.5. The van der Waals surface area contributed by atoms with E-state index in [1.165, 1.54) is 0 Å². The van der Waals surface area contributed by atoms with Crippen molar-refractivity contribution in [1.29, 1.82) is 0 Å². The predicted octanol–water partition coefficient (Wildman–Crippen LogP) is 4.20. The minimum atomic E-state index is -0.359. The van der Waals surface area contributed by atoms with Gasteiger partial charge in [0.05, 0.1) is 12.2 Å². The first-order chi connectivity index (χ1) is 11.6. The molecule has 0 amide bonds. The maximum atomic E-state index is 12.4. The Kier molecular flexibility index (Phi) is 3.79. The molecule has 4 nitrogen and oxygen atoms in total. The summed E-state index contributed by atoms with van der Waals surface area (Å²) in [4.78, 5) is 12.4. The van der Waals surface area contributed by atoms with Gasteiger partial charge in [-0.2, -0.15) is 0 Å². The largest absolute Gasteiger partial charge is 0.491 e. The van der Waals surface area contributed by atoms with E-state index < -0.39 is 0 Å². The lowest BCUT2D eigenvalue weighted by Gasteiger charge is -2.10. The molecular formula is C19H15ClO4. The average Bonchev–Trinajstić information content (AvgIpc) is 3.39. The Morgan fingerprint density at radius 3 is 2.67 bits per heavy atom. The van der Waals surface area contributed by atoms with E-state index in [0.29, 0.717) is 22.8 Å². The molecule has 24 heavy (non-hydrogen) atoms. The zero-order valence-electron chi connectivity index (χ0n) is 13.0. The van der Waals surface area contributed by atoms with E-state index >= 15 is 0 Å². The van der Waals surface area contributed by atoms with Crippen LogP contribution in [0.25, 0.3) is 22.1 Å². The lowest BCUT2D eigenvalue weighted by Crippen LogP contribution is -2.07. The molecule has 1 aliphatic heterocycles. The molecule has 1 atom stereocenters. The SMILES string of the molecule is Cc1c(-c2ccc(Cl)cc2)c(=O)oc2ccc(OCC3CO3)cc12. The molecule has 1 aliphatic rings. The van der Waals surface area contributed by atoms with Crippen LogP contribution < -0.4 is 10.4 Å². The second-order valence-corrected chi connectivity index (χ2v) is 6.26. The van der Waals surface area contributed by atoms with E-state index in [4.69, 9.17) is 25.5 Å². The minimum absolute atomic E-state index is 0.195. The first-order valence-electron chi connectivity index (χ1n) is 7.69. The third-order valence-electron chi connectivity index (χ3n) is 4.11. The van der Waals surface area contributed by atoms with Gasteiger partial charge in [-0.15, -0.1) is 0 Å². The number of epoxide rings is 1. The molecule has 0 aliphatic carbocycles. The van der Waals surface area contributed by atoms with Gasteiger partial charge in [-0.1, -0.05) is 23.7 Å². The van der Waals surface area contributed by atoms with Gasteiger partial charge in [0, 0.05) is 10.4 Å². The number of hydrogen-bond donors (Lipinski definition) is 0. The summed E-state index contributed by atoms with van der Waals surface area (Å²) < 4.78 is 16.4. The molecule has 2 heterocycles. The second kappa shape index (κ2) is 5.96. The zero-order chi connectivity index (χ0) is 16.7. The van der Waals surface area contributed by atoms with Crippen LogP contribution in [0.4, 0.5) is 0 Å². The van der Waals surface area contributed by atoms with E-state index in [9.17, 15) is 4.79 Å². The van der Waals surface area contributed by atoms with Gasteiger partial charge in [-0.3, -0.25) is 0 Å². The Hall–Kier alpha value is -2.30. The van der Waals surface area contributed by atoms with E-state index in [-0.39, 0.29) is 11.7 Å². The second-order valence-electron chi connectivity index (χ2n) is 5.82. The molecule has 0 radical (unpaired) electrons. The highest BCUT2D eigenvalue weighted by Crippen LogP contribution is 2.30. The monoisotopic (exact) mass is 342 g/mol. The number of hydrogen-bond acceptors (Lipinski definition) is 4. The number of rotatable bonds is 4. The summed E-state index contributed by atoms with van der Waals surface area (Å²) in [6.45, 7) is 3.20. The normalized spacial score (nSPS) is 16.3. The highest BCUT2D eigenvalue weighted by molar-refractivity contribution is 6.30. The fraction of sp³-hybridized carbons (Fsp3) is 0.211. The van der Waals surface area contributed by atoms with E-state index in [0.717, 1.165) is 28.9 Å². The van der Waals surface area contributed by atoms with Gasteiger partial charge in [-0.25, -0.2) is 4.79 Å². The molecule has 0 spiro atoms. The molecule has 122 valence electrons. The summed E-state index contributed by atoms with van der Waals surface area (Å²) in [5.74, 6) is 0.733. The summed E-state index contributed by atoms with van der Waals surface area (Å²) in [5.41, 5.74) is 2.37. The minimum Gasteiger partial charge on any atom is -0.491 e. The third kappa shape index (κ3) is 2.90. The number of aryl methyl sites for hydroxylation is 1. The predicted molar refractivity (Wildman–Crippen MR) is 92.9 cm³/mol. The Morgan fingerprint density at radius 1 is 1.21 bits per heavy atom. The molecule has 4 rings (SSSR count). The molecule has 1 saturated heterocycles. The van der Waals surface area contributed by atoms with Gasteiger partial charge in [-0.05, 0) is 48.4 Å². The van der Waals surface area contributed by atoms with Gasteiger partial charge in [0.2, 0.25) is 0 Å². The van der Waals surface area contributed by atoms with Crippen LogP contribution in [-0.4, -0.2) is 19.3 Å². The quantitative estimate of drug-likeness (QED) is 0.526. The van der Waals surface area contributed by atoms with Crippen LogP contribution in [0.3, 0.4) is 0 Å². The van der Waals surface area contributed by atoms with Crippen LogP contribution in [0.5, 0.6) is 5.75 Å². The summed E-state index contributed by atoms with van der Waals surface area (Å²) in [6, 6.07) is 12.6. The van der Waals surface area contributed by atoms with Gasteiger partial charge in [0.15, 0.2) is 0 Å². The van der Waals surface area contributed by atoms with Crippen LogP contribution in [-0.2, 0) is 4.74 Å². The number of benzene rings is 2. The van der Waals surface area contributed by atoms with Crippen molar-refractivity contribution in [3.63, 3.8) is 0 Å². The van der Waals surface area contributed by atoms with Gasteiger partial charge in [0.1, 0.15) is 24.0 Å². The first kappa shape index (κ1) is 15.2. The zero-order valence-corrected chi connectivity index (χ0v) is 13.8. The first-order valence-corrected chi connectivity index (χ1v) is 8.07. The van der Waals surface area contributed by atoms with Crippen molar-refractivity contribution in [1.82, 2.24) is 0 Å². The molecule has 3 aromatic rings.